The van der Waals surface area contributed by atoms with E-state index in [0.717, 1.165) is 46.7 Å². The Hall–Kier alpha value is -2.28. The lowest BCUT2D eigenvalue weighted by molar-refractivity contribution is 0.172. The van der Waals surface area contributed by atoms with E-state index in [1.807, 2.05) is 18.2 Å². The van der Waals surface area contributed by atoms with Gasteiger partial charge in [0.25, 0.3) is 5.56 Å². The highest BCUT2D eigenvalue weighted by Gasteiger charge is 2.26. The zero-order valence-corrected chi connectivity index (χ0v) is 17.9. The molecule has 2 N–H and O–H groups in total. The van der Waals surface area contributed by atoms with Gasteiger partial charge in [0, 0.05) is 29.6 Å². The van der Waals surface area contributed by atoms with Crippen molar-refractivity contribution in [3.63, 3.8) is 0 Å². The van der Waals surface area contributed by atoms with Gasteiger partial charge in [-0.05, 0) is 43.1 Å². The first kappa shape index (κ1) is 20.0. The van der Waals surface area contributed by atoms with Gasteiger partial charge in [0.15, 0.2) is 16.6 Å². The average Bonchev–Trinajstić information content (AvgIpc) is 3.23. The van der Waals surface area contributed by atoms with Crippen molar-refractivity contribution in [3.05, 3.63) is 34.1 Å². The molecule has 0 amide bonds. The van der Waals surface area contributed by atoms with E-state index in [-0.39, 0.29) is 5.56 Å². The lowest BCUT2D eigenvalue weighted by atomic mass is 10.1. The zero-order chi connectivity index (χ0) is 20.4. The fourth-order valence-electron chi connectivity index (χ4n) is 4.06. The number of nitrogens with zero attached hydrogens (tertiary/aromatic N) is 1. The first-order chi connectivity index (χ1) is 14.0. The number of hydrogen-bond acceptors (Lipinski definition) is 4. The van der Waals surface area contributed by atoms with Gasteiger partial charge in [0.05, 0.1) is 12.1 Å². The van der Waals surface area contributed by atoms with Gasteiger partial charge in [0.2, 0.25) is 0 Å². The van der Waals surface area contributed by atoms with Crippen LogP contribution in [0.5, 0.6) is 11.5 Å². The van der Waals surface area contributed by atoms with Crippen LogP contribution in [0.3, 0.4) is 0 Å². The van der Waals surface area contributed by atoms with Crippen LogP contribution in [0.25, 0.3) is 10.9 Å². The maximum absolute atomic E-state index is 12.8. The largest absolute Gasteiger partial charge is 0.486 e. The minimum Gasteiger partial charge on any atom is -0.486 e. The van der Waals surface area contributed by atoms with Crippen LogP contribution in [0.2, 0.25) is 0 Å². The Morgan fingerprint density at radius 2 is 1.90 bits per heavy atom. The minimum absolute atomic E-state index is 0.0798. The van der Waals surface area contributed by atoms with Crippen molar-refractivity contribution in [2.24, 2.45) is 5.92 Å². The molecule has 0 radical (unpaired) electrons. The number of aromatic amines is 1. The molecule has 6 nitrogen and oxygen atoms in total. The van der Waals surface area contributed by atoms with Crippen molar-refractivity contribution in [3.8, 4) is 11.5 Å². The third kappa shape index (κ3) is 4.50. The number of thiocarbonyl (C=S) groups is 1. The van der Waals surface area contributed by atoms with Crippen LogP contribution in [-0.2, 0) is 6.54 Å². The Bertz CT molecular complexity index is 950. The molecule has 1 aromatic carbocycles. The molecule has 7 heteroatoms. The predicted molar refractivity (Wildman–Crippen MR) is 119 cm³/mol. The Kier molecular flexibility index (Phi) is 5.94. The third-order valence-corrected chi connectivity index (χ3v) is 5.99. The highest BCUT2D eigenvalue weighted by molar-refractivity contribution is 7.80. The summed E-state index contributed by atoms with van der Waals surface area (Å²) in [5.41, 5.74) is 1.40. The maximum atomic E-state index is 12.8. The summed E-state index contributed by atoms with van der Waals surface area (Å²) in [6.45, 7) is 6.73. The molecule has 1 aliphatic carbocycles. The van der Waals surface area contributed by atoms with Gasteiger partial charge in [0.1, 0.15) is 13.2 Å². The molecule has 1 fully saturated rings. The second-order valence-corrected chi connectivity index (χ2v) is 8.74. The van der Waals surface area contributed by atoms with Gasteiger partial charge in [-0.2, -0.15) is 0 Å². The Labute approximate surface area is 176 Å². The number of hydrogen-bond donors (Lipinski definition) is 2. The number of benzene rings is 1. The van der Waals surface area contributed by atoms with Crippen molar-refractivity contribution >= 4 is 28.2 Å². The van der Waals surface area contributed by atoms with Gasteiger partial charge in [-0.25, -0.2) is 0 Å². The molecule has 2 heterocycles. The second-order valence-electron chi connectivity index (χ2n) is 8.35. The molecule has 2 aromatic rings. The number of ether oxygens (including phenoxy) is 2. The Morgan fingerprint density at radius 1 is 1.21 bits per heavy atom. The average molecular weight is 416 g/mol. The highest BCUT2D eigenvalue weighted by atomic mass is 32.1. The Balaban J connectivity index is 1.63. The van der Waals surface area contributed by atoms with Crippen LogP contribution in [0, 0.1) is 5.92 Å². The summed E-state index contributed by atoms with van der Waals surface area (Å²) in [6, 6.07) is 6.13. The predicted octanol–water partition coefficient (Wildman–Crippen LogP) is 3.57. The van der Waals surface area contributed by atoms with Crippen molar-refractivity contribution in [1.82, 2.24) is 15.2 Å². The van der Waals surface area contributed by atoms with E-state index in [0.29, 0.717) is 37.5 Å². The standard InChI is InChI=1S/C22H29N3O3S/c1-14(2)12-23-22(29)25(17-5-3-4-6-17)13-16-9-15-10-19-20(28-8-7-27-19)11-18(15)24-21(16)26/h9-11,14,17H,3-8,12-13H2,1-2H3,(H,23,29)(H,24,26). The first-order valence-corrected chi connectivity index (χ1v) is 10.9. The van der Waals surface area contributed by atoms with E-state index in [2.05, 4.69) is 29.0 Å². The molecular weight excluding hydrogens is 386 g/mol. The van der Waals surface area contributed by atoms with E-state index in [4.69, 9.17) is 21.7 Å². The first-order valence-electron chi connectivity index (χ1n) is 10.5. The fraction of sp³-hybridized carbons (Fsp3) is 0.545. The third-order valence-electron chi connectivity index (χ3n) is 5.61. The highest BCUT2D eigenvalue weighted by Crippen LogP contribution is 2.34. The van der Waals surface area contributed by atoms with Crippen LogP contribution in [0.4, 0.5) is 0 Å². The molecule has 29 heavy (non-hydrogen) atoms. The number of fused-ring (bicyclic) bond motifs is 2. The molecule has 1 aromatic heterocycles. The number of rotatable bonds is 5. The smallest absolute Gasteiger partial charge is 0.253 e. The second kappa shape index (κ2) is 8.61. The minimum atomic E-state index is -0.0798. The lowest BCUT2D eigenvalue weighted by Crippen LogP contribution is -2.46. The van der Waals surface area contributed by atoms with E-state index < -0.39 is 0 Å². The molecule has 2 aliphatic rings. The molecule has 156 valence electrons. The topological polar surface area (TPSA) is 66.6 Å². The van der Waals surface area contributed by atoms with Crippen molar-refractivity contribution in [2.75, 3.05) is 19.8 Å². The number of pyridine rings is 1. The summed E-state index contributed by atoms with van der Waals surface area (Å²) >= 11 is 5.71. The summed E-state index contributed by atoms with van der Waals surface area (Å²) < 4.78 is 11.3. The fourth-order valence-corrected chi connectivity index (χ4v) is 4.36. The number of aromatic nitrogens is 1. The molecule has 0 atom stereocenters. The summed E-state index contributed by atoms with van der Waals surface area (Å²) in [5, 5.41) is 5.07. The van der Waals surface area contributed by atoms with Crippen molar-refractivity contribution in [1.29, 1.82) is 0 Å². The maximum Gasteiger partial charge on any atom is 0.253 e. The summed E-state index contributed by atoms with van der Waals surface area (Å²) in [7, 11) is 0. The molecule has 0 bridgehead atoms. The molecule has 1 saturated carbocycles. The van der Waals surface area contributed by atoms with Crippen LogP contribution in [0.1, 0.15) is 45.1 Å². The SMILES string of the molecule is CC(C)CNC(=S)N(Cc1cc2cc3c(cc2[nH]c1=O)OCCO3)C1CCCC1. The van der Waals surface area contributed by atoms with E-state index in [1.54, 1.807) is 0 Å². The summed E-state index contributed by atoms with van der Waals surface area (Å²) in [5.74, 6) is 1.91. The van der Waals surface area contributed by atoms with Crippen LogP contribution >= 0.6 is 12.2 Å². The van der Waals surface area contributed by atoms with Gasteiger partial charge in [-0.3, -0.25) is 4.79 Å². The van der Waals surface area contributed by atoms with Crippen LogP contribution < -0.4 is 20.3 Å². The molecule has 0 spiro atoms. The summed E-state index contributed by atoms with van der Waals surface area (Å²) in [4.78, 5) is 18.0. The van der Waals surface area contributed by atoms with E-state index in [9.17, 15) is 4.79 Å². The molecule has 1 aliphatic heterocycles. The molecule has 0 unspecified atom stereocenters. The van der Waals surface area contributed by atoms with Crippen LogP contribution in [0.15, 0.2) is 23.0 Å². The Morgan fingerprint density at radius 3 is 2.59 bits per heavy atom. The van der Waals surface area contributed by atoms with E-state index in [1.165, 1.54) is 12.8 Å². The normalized spacial score (nSPS) is 16.4. The number of nitrogens with one attached hydrogen (secondary N) is 2. The van der Waals surface area contributed by atoms with Crippen molar-refractivity contribution in [2.45, 2.75) is 52.1 Å². The lowest BCUT2D eigenvalue weighted by Gasteiger charge is -2.32. The van der Waals surface area contributed by atoms with Crippen molar-refractivity contribution < 1.29 is 9.47 Å². The van der Waals surface area contributed by atoms with Gasteiger partial charge in [-0.1, -0.05) is 26.7 Å². The molecule has 0 saturated heterocycles. The molecule has 4 rings (SSSR count). The molecular formula is C22H29N3O3S. The number of H-pyrrole nitrogens is 1. The van der Waals surface area contributed by atoms with Gasteiger partial charge >= 0.3 is 0 Å². The quantitative estimate of drug-likeness (QED) is 0.728. The summed E-state index contributed by atoms with van der Waals surface area (Å²) in [6.07, 6.45) is 4.67. The van der Waals surface area contributed by atoms with Crippen LogP contribution in [-0.4, -0.2) is 40.8 Å². The van der Waals surface area contributed by atoms with E-state index >= 15 is 0 Å². The monoisotopic (exact) mass is 415 g/mol. The van der Waals surface area contributed by atoms with Gasteiger partial charge < -0.3 is 24.7 Å². The zero-order valence-electron chi connectivity index (χ0n) is 17.1. The van der Waals surface area contributed by atoms with Gasteiger partial charge in [-0.15, -0.1) is 0 Å².